The highest BCUT2D eigenvalue weighted by Gasteiger charge is 2.09. The zero-order valence-corrected chi connectivity index (χ0v) is 11.0. The highest BCUT2D eigenvalue weighted by atomic mass is 79.9. The Bertz CT molecular complexity index is 447. The van der Waals surface area contributed by atoms with Crippen LogP contribution in [-0.2, 0) is 13.6 Å². The predicted molar refractivity (Wildman–Crippen MR) is 67.3 cm³/mol. The molecule has 0 saturated heterocycles. The maximum absolute atomic E-state index is 4.34. The summed E-state index contributed by atoms with van der Waals surface area (Å²) in [4.78, 5) is 0. The molecule has 2 aromatic rings. The second-order valence-corrected chi connectivity index (χ2v) is 4.91. The molecule has 0 fully saturated rings. The van der Waals surface area contributed by atoms with Gasteiger partial charge in [-0.15, -0.1) is 0 Å². The summed E-state index contributed by atoms with van der Waals surface area (Å²) in [6, 6.07) is 2.07. The van der Waals surface area contributed by atoms with Crippen LogP contribution in [0.2, 0.25) is 0 Å². The van der Waals surface area contributed by atoms with Crippen LogP contribution in [0.3, 0.4) is 0 Å². The lowest BCUT2D eigenvalue weighted by Crippen LogP contribution is -2.05. The quantitative estimate of drug-likeness (QED) is 0.939. The standard InChI is InChI=1S/C10H12BrN3S/c1-7-10(11)9(14(2)13-7)5-12-8-3-4-15-6-8/h3-4,6,12H,5H2,1-2H3. The van der Waals surface area contributed by atoms with Gasteiger partial charge in [-0.05, 0) is 34.3 Å². The van der Waals surface area contributed by atoms with E-state index in [2.05, 4.69) is 43.2 Å². The molecule has 0 aliphatic carbocycles. The molecule has 5 heteroatoms. The number of hydrogen-bond acceptors (Lipinski definition) is 3. The normalized spacial score (nSPS) is 10.6. The smallest absolute Gasteiger partial charge is 0.0739 e. The van der Waals surface area contributed by atoms with Crippen LogP contribution in [0.4, 0.5) is 5.69 Å². The Hall–Kier alpha value is -0.810. The first kappa shape index (κ1) is 10.7. The first-order chi connectivity index (χ1) is 7.18. The van der Waals surface area contributed by atoms with E-state index in [0.29, 0.717) is 0 Å². The summed E-state index contributed by atoms with van der Waals surface area (Å²) in [5, 5.41) is 11.9. The molecule has 3 nitrogen and oxygen atoms in total. The lowest BCUT2D eigenvalue weighted by molar-refractivity contribution is 0.712. The number of nitrogens with one attached hydrogen (secondary N) is 1. The van der Waals surface area contributed by atoms with Crippen molar-refractivity contribution in [3.8, 4) is 0 Å². The van der Waals surface area contributed by atoms with E-state index in [1.807, 2.05) is 18.7 Å². The molecule has 0 aliphatic rings. The van der Waals surface area contributed by atoms with Crippen molar-refractivity contribution in [2.24, 2.45) is 7.05 Å². The van der Waals surface area contributed by atoms with Gasteiger partial charge in [-0.2, -0.15) is 16.4 Å². The molecule has 0 radical (unpaired) electrons. The third-order valence-corrected chi connectivity index (χ3v) is 3.96. The maximum Gasteiger partial charge on any atom is 0.0739 e. The van der Waals surface area contributed by atoms with Crippen molar-refractivity contribution >= 4 is 33.0 Å². The minimum Gasteiger partial charge on any atom is -0.379 e. The van der Waals surface area contributed by atoms with E-state index in [9.17, 15) is 0 Å². The monoisotopic (exact) mass is 285 g/mol. The van der Waals surface area contributed by atoms with Crippen molar-refractivity contribution in [1.82, 2.24) is 9.78 Å². The molecular formula is C10H12BrN3S. The Morgan fingerprint density at radius 3 is 2.93 bits per heavy atom. The Balaban J connectivity index is 2.11. The minimum atomic E-state index is 0.786. The summed E-state index contributed by atoms with van der Waals surface area (Å²) < 4.78 is 2.99. The van der Waals surface area contributed by atoms with Gasteiger partial charge in [0.2, 0.25) is 0 Å². The number of rotatable bonds is 3. The lowest BCUT2D eigenvalue weighted by Gasteiger charge is -2.04. The summed E-state index contributed by atoms with van der Waals surface area (Å²) in [5.74, 6) is 0. The molecular weight excluding hydrogens is 274 g/mol. The molecule has 0 aliphatic heterocycles. The molecule has 2 aromatic heterocycles. The fourth-order valence-corrected chi connectivity index (χ4v) is 2.51. The van der Waals surface area contributed by atoms with Gasteiger partial charge in [0.1, 0.15) is 0 Å². The fraction of sp³-hybridized carbons (Fsp3) is 0.300. The zero-order chi connectivity index (χ0) is 10.8. The molecule has 15 heavy (non-hydrogen) atoms. The van der Waals surface area contributed by atoms with E-state index in [-0.39, 0.29) is 0 Å². The topological polar surface area (TPSA) is 29.9 Å². The average Bonchev–Trinajstić information content (AvgIpc) is 2.76. The van der Waals surface area contributed by atoms with Gasteiger partial charge in [-0.1, -0.05) is 0 Å². The third-order valence-electron chi connectivity index (χ3n) is 2.24. The molecule has 2 heterocycles. The minimum absolute atomic E-state index is 0.786. The molecule has 0 amide bonds. The van der Waals surface area contributed by atoms with Crippen LogP contribution in [0.25, 0.3) is 0 Å². The Morgan fingerprint density at radius 2 is 2.40 bits per heavy atom. The van der Waals surface area contributed by atoms with Crippen LogP contribution in [0.5, 0.6) is 0 Å². The van der Waals surface area contributed by atoms with Crippen LogP contribution >= 0.6 is 27.3 Å². The summed E-state index contributed by atoms with van der Waals surface area (Å²) in [5.41, 5.74) is 3.35. The van der Waals surface area contributed by atoms with Gasteiger partial charge in [-0.3, -0.25) is 4.68 Å². The highest BCUT2D eigenvalue weighted by Crippen LogP contribution is 2.21. The van der Waals surface area contributed by atoms with Crippen molar-refractivity contribution in [1.29, 1.82) is 0 Å². The van der Waals surface area contributed by atoms with Crippen LogP contribution in [-0.4, -0.2) is 9.78 Å². The molecule has 80 valence electrons. The number of aryl methyl sites for hydroxylation is 2. The van der Waals surface area contributed by atoms with E-state index in [1.165, 1.54) is 5.69 Å². The van der Waals surface area contributed by atoms with Crippen LogP contribution in [0.15, 0.2) is 21.3 Å². The van der Waals surface area contributed by atoms with Crippen molar-refractivity contribution in [3.63, 3.8) is 0 Å². The summed E-state index contributed by atoms with van der Waals surface area (Å²) >= 11 is 5.24. The van der Waals surface area contributed by atoms with E-state index in [4.69, 9.17) is 0 Å². The van der Waals surface area contributed by atoms with Gasteiger partial charge in [-0.25, -0.2) is 0 Å². The molecule has 0 atom stereocenters. The number of nitrogens with zero attached hydrogens (tertiary/aromatic N) is 2. The predicted octanol–water partition coefficient (Wildman–Crippen LogP) is 3.16. The largest absolute Gasteiger partial charge is 0.379 e. The van der Waals surface area contributed by atoms with Gasteiger partial charge in [0.15, 0.2) is 0 Å². The van der Waals surface area contributed by atoms with Gasteiger partial charge in [0, 0.05) is 18.1 Å². The van der Waals surface area contributed by atoms with E-state index in [1.54, 1.807) is 11.3 Å². The average molecular weight is 286 g/mol. The molecule has 0 unspecified atom stereocenters. The molecule has 0 saturated carbocycles. The van der Waals surface area contributed by atoms with Crippen LogP contribution in [0, 0.1) is 6.92 Å². The first-order valence-corrected chi connectivity index (χ1v) is 6.36. The molecule has 0 bridgehead atoms. The summed E-state index contributed by atoms with van der Waals surface area (Å²) in [7, 11) is 1.96. The summed E-state index contributed by atoms with van der Waals surface area (Å²) in [6.45, 7) is 2.78. The Labute approximate surface area is 101 Å². The van der Waals surface area contributed by atoms with Crippen molar-refractivity contribution in [3.05, 3.63) is 32.7 Å². The lowest BCUT2D eigenvalue weighted by atomic mass is 10.3. The van der Waals surface area contributed by atoms with Crippen LogP contribution < -0.4 is 5.32 Å². The van der Waals surface area contributed by atoms with Crippen LogP contribution in [0.1, 0.15) is 11.4 Å². The second kappa shape index (κ2) is 4.37. The first-order valence-electron chi connectivity index (χ1n) is 4.62. The van der Waals surface area contributed by atoms with E-state index < -0.39 is 0 Å². The summed E-state index contributed by atoms with van der Waals surface area (Å²) in [6.07, 6.45) is 0. The number of anilines is 1. The van der Waals surface area contributed by atoms with Crippen molar-refractivity contribution in [2.75, 3.05) is 5.32 Å². The van der Waals surface area contributed by atoms with Gasteiger partial charge < -0.3 is 5.32 Å². The van der Waals surface area contributed by atoms with Gasteiger partial charge >= 0.3 is 0 Å². The fourth-order valence-electron chi connectivity index (χ4n) is 1.42. The SMILES string of the molecule is Cc1nn(C)c(CNc2ccsc2)c1Br. The Morgan fingerprint density at radius 1 is 1.60 bits per heavy atom. The van der Waals surface area contributed by atoms with E-state index in [0.717, 1.165) is 22.4 Å². The molecule has 0 aromatic carbocycles. The van der Waals surface area contributed by atoms with Gasteiger partial charge in [0.05, 0.1) is 22.4 Å². The van der Waals surface area contributed by atoms with E-state index >= 15 is 0 Å². The molecule has 2 rings (SSSR count). The second-order valence-electron chi connectivity index (χ2n) is 3.34. The molecule has 0 spiro atoms. The number of thiophene rings is 1. The van der Waals surface area contributed by atoms with Crippen molar-refractivity contribution in [2.45, 2.75) is 13.5 Å². The Kier molecular flexibility index (Phi) is 3.11. The number of hydrogen-bond donors (Lipinski definition) is 1. The molecule has 1 N–H and O–H groups in total. The third kappa shape index (κ3) is 2.23. The number of halogens is 1. The number of aromatic nitrogens is 2. The maximum atomic E-state index is 4.34. The van der Waals surface area contributed by atoms with Crippen molar-refractivity contribution < 1.29 is 0 Å². The van der Waals surface area contributed by atoms with Gasteiger partial charge in [0.25, 0.3) is 0 Å². The highest BCUT2D eigenvalue weighted by molar-refractivity contribution is 9.10. The zero-order valence-electron chi connectivity index (χ0n) is 8.62.